The van der Waals surface area contributed by atoms with Crippen LogP contribution in [-0.4, -0.2) is 45.5 Å². The van der Waals surface area contributed by atoms with Crippen LogP contribution >= 0.6 is 0 Å². The number of nitrogens with zero attached hydrogens (tertiary/aromatic N) is 1. The number of H-pyrrole nitrogens is 1. The van der Waals surface area contributed by atoms with E-state index in [1.54, 1.807) is 14.2 Å². The molecule has 2 aromatic carbocycles. The molecule has 1 aromatic heterocycles. The molecule has 2 heterocycles. The number of rotatable bonds is 5. The summed E-state index contributed by atoms with van der Waals surface area (Å²) in [7, 11) is 3.26. The number of ether oxygens (including phenoxy) is 3. The van der Waals surface area contributed by atoms with E-state index in [1.807, 2.05) is 30.3 Å². The van der Waals surface area contributed by atoms with Crippen molar-refractivity contribution in [3.05, 3.63) is 52.3 Å². The number of nitrogens with one attached hydrogen (secondary N) is 1. The average Bonchev–Trinajstić information content (AvgIpc) is 2.78. The predicted molar refractivity (Wildman–Crippen MR) is 116 cm³/mol. The molecule has 6 nitrogen and oxygen atoms in total. The number of fused-ring (bicyclic) bond motifs is 1. The van der Waals surface area contributed by atoms with Crippen LogP contribution < -0.4 is 19.9 Å². The third kappa shape index (κ3) is 3.68. The number of pyridine rings is 1. The van der Waals surface area contributed by atoms with Gasteiger partial charge in [-0.05, 0) is 47.7 Å². The quantitative estimate of drug-likeness (QED) is 0.716. The summed E-state index contributed by atoms with van der Waals surface area (Å²) in [5, 5.41) is 1.60. The zero-order chi connectivity index (χ0) is 20.4. The Morgan fingerprint density at radius 2 is 1.86 bits per heavy atom. The first kappa shape index (κ1) is 19.3. The second-order valence-corrected chi connectivity index (χ2v) is 7.11. The van der Waals surface area contributed by atoms with Crippen LogP contribution in [0.5, 0.6) is 11.5 Å². The van der Waals surface area contributed by atoms with E-state index in [0.717, 1.165) is 53.2 Å². The fourth-order valence-electron chi connectivity index (χ4n) is 3.88. The fraction of sp³-hybridized carbons (Fsp3) is 0.348. The molecule has 0 atom stereocenters. The molecular formula is C23H26N2O4. The van der Waals surface area contributed by atoms with Crippen molar-refractivity contribution in [1.29, 1.82) is 0 Å². The van der Waals surface area contributed by atoms with Gasteiger partial charge in [-0.2, -0.15) is 0 Å². The number of anilines is 1. The monoisotopic (exact) mass is 394 g/mol. The standard InChI is InChI=1S/C23H26N2O4/c1-4-15-11-17(13-21(27-2)22(15)28-3)20-12-16-5-6-18(14-19(16)23(26)24-20)25-7-9-29-10-8-25/h5-6,11-14H,4,7-10H2,1-3H3,(H,24,26). The molecule has 152 valence electrons. The van der Waals surface area contributed by atoms with Gasteiger partial charge in [-0.25, -0.2) is 0 Å². The molecule has 1 aliphatic rings. The van der Waals surface area contributed by atoms with E-state index in [4.69, 9.17) is 14.2 Å². The van der Waals surface area contributed by atoms with Crippen molar-refractivity contribution in [1.82, 2.24) is 4.98 Å². The summed E-state index contributed by atoms with van der Waals surface area (Å²) >= 11 is 0. The number of aromatic nitrogens is 1. The lowest BCUT2D eigenvalue weighted by Crippen LogP contribution is -2.36. The molecule has 0 bridgehead atoms. The lowest BCUT2D eigenvalue weighted by atomic mass is 10.0. The first-order valence-electron chi connectivity index (χ1n) is 9.89. The lowest BCUT2D eigenvalue weighted by Gasteiger charge is -2.29. The normalized spacial score (nSPS) is 14.2. The van der Waals surface area contributed by atoms with Gasteiger partial charge in [0.25, 0.3) is 5.56 Å². The smallest absolute Gasteiger partial charge is 0.256 e. The van der Waals surface area contributed by atoms with Gasteiger partial charge in [0.05, 0.1) is 27.4 Å². The minimum absolute atomic E-state index is 0.0968. The summed E-state index contributed by atoms with van der Waals surface area (Å²) in [5.41, 5.74) is 3.65. The number of morpholine rings is 1. The molecule has 1 N–H and O–H groups in total. The average molecular weight is 394 g/mol. The maximum absolute atomic E-state index is 12.9. The second-order valence-electron chi connectivity index (χ2n) is 7.11. The Kier molecular flexibility index (Phi) is 5.45. The van der Waals surface area contributed by atoms with E-state index < -0.39 is 0 Å². The zero-order valence-corrected chi connectivity index (χ0v) is 17.1. The number of benzene rings is 2. The zero-order valence-electron chi connectivity index (χ0n) is 17.1. The van der Waals surface area contributed by atoms with E-state index in [0.29, 0.717) is 24.3 Å². The maximum Gasteiger partial charge on any atom is 0.256 e. The predicted octanol–water partition coefficient (Wildman–Crippen LogP) is 3.61. The number of methoxy groups -OCH3 is 2. The molecule has 0 unspecified atom stereocenters. The minimum Gasteiger partial charge on any atom is -0.493 e. The summed E-state index contributed by atoms with van der Waals surface area (Å²) in [4.78, 5) is 18.2. The Hall–Kier alpha value is -2.99. The van der Waals surface area contributed by atoms with Crippen LogP contribution in [0.3, 0.4) is 0 Å². The molecule has 1 aliphatic heterocycles. The second kappa shape index (κ2) is 8.17. The van der Waals surface area contributed by atoms with Gasteiger partial charge < -0.3 is 24.1 Å². The van der Waals surface area contributed by atoms with Crippen molar-refractivity contribution in [2.75, 3.05) is 45.4 Å². The Morgan fingerprint density at radius 3 is 2.55 bits per heavy atom. The van der Waals surface area contributed by atoms with Gasteiger partial charge in [-0.3, -0.25) is 4.79 Å². The first-order valence-corrected chi connectivity index (χ1v) is 9.89. The molecule has 0 amide bonds. The lowest BCUT2D eigenvalue weighted by molar-refractivity contribution is 0.122. The SMILES string of the molecule is CCc1cc(-c2cc3ccc(N4CCOCC4)cc3c(=O)[nH]2)cc(OC)c1OC. The molecule has 1 fully saturated rings. The topological polar surface area (TPSA) is 63.8 Å². The van der Waals surface area contributed by atoms with Crippen LogP contribution in [0.15, 0.2) is 41.2 Å². The Balaban J connectivity index is 1.79. The highest BCUT2D eigenvalue weighted by Gasteiger charge is 2.15. The summed E-state index contributed by atoms with van der Waals surface area (Å²) in [6.07, 6.45) is 0.800. The highest BCUT2D eigenvalue weighted by atomic mass is 16.5. The van der Waals surface area contributed by atoms with E-state index >= 15 is 0 Å². The Bertz CT molecular complexity index is 1060. The Morgan fingerprint density at radius 1 is 1.07 bits per heavy atom. The van der Waals surface area contributed by atoms with Crippen LogP contribution in [0.25, 0.3) is 22.0 Å². The van der Waals surface area contributed by atoms with Gasteiger partial charge >= 0.3 is 0 Å². The third-order valence-electron chi connectivity index (χ3n) is 5.45. The Labute approximate surface area is 170 Å². The van der Waals surface area contributed by atoms with E-state index in [9.17, 15) is 4.79 Å². The fourth-order valence-corrected chi connectivity index (χ4v) is 3.88. The summed E-state index contributed by atoms with van der Waals surface area (Å²) in [6.45, 7) is 5.18. The molecule has 0 spiro atoms. The van der Waals surface area contributed by atoms with Gasteiger partial charge in [0.15, 0.2) is 11.5 Å². The van der Waals surface area contributed by atoms with Gasteiger partial charge in [0.1, 0.15) is 0 Å². The molecule has 29 heavy (non-hydrogen) atoms. The minimum atomic E-state index is -0.0968. The van der Waals surface area contributed by atoms with Crippen LogP contribution in [0.4, 0.5) is 5.69 Å². The molecule has 4 rings (SSSR count). The number of aromatic amines is 1. The number of hydrogen-bond acceptors (Lipinski definition) is 5. The summed E-state index contributed by atoms with van der Waals surface area (Å²) in [6, 6.07) is 12.0. The number of hydrogen-bond donors (Lipinski definition) is 1. The van der Waals surface area contributed by atoms with Crippen LogP contribution in [0.1, 0.15) is 12.5 Å². The van der Waals surface area contributed by atoms with Crippen LogP contribution in [-0.2, 0) is 11.2 Å². The first-order chi connectivity index (χ1) is 14.1. The molecular weight excluding hydrogens is 368 g/mol. The summed E-state index contributed by atoms with van der Waals surface area (Å²) in [5.74, 6) is 1.39. The largest absolute Gasteiger partial charge is 0.493 e. The highest BCUT2D eigenvalue weighted by molar-refractivity contribution is 5.88. The van der Waals surface area contributed by atoms with Gasteiger partial charge in [0, 0.05) is 35.4 Å². The van der Waals surface area contributed by atoms with Crippen LogP contribution in [0.2, 0.25) is 0 Å². The maximum atomic E-state index is 12.9. The molecule has 1 saturated heterocycles. The van der Waals surface area contributed by atoms with Gasteiger partial charge in [0.2, 0.25) is 0 Å². The van der Waals surface area contributed by atoms with Crippen molar-refractivity contribution < 1.29 is 14.2 Å². The van der Waals surface area contributed by atoms with Crippen LogP contribution in [0, 0.1) is 0 Å². The van der Waals surface area contributed by atoms with Crippen molar-refractivity contribution in [2.24, 2.45) is 0 Å². The van der Waals surface area contributed by atoms with Crippen molar-refractivity contribution in [2.45, 2.75) is 13.3 Å². The molecule has 0 radical (unpaired) electrons. The molecule has 6 heteroatoms. The van der Waals surface area contributed by atoms with Gasteiger partial charge in [-0.15, -0.1) is 0 Å². The van der Waals surface area contributed by atoms with Crippen molar-refractivity contribution >= 4 is 16.5 Å². The highest BCUT2D eigenvalue weighted by Crippen LogP contribution is 2.36. The van der Waals surface area contributed by atoms with E-state index in [1.165, 1.54) is 0 Å². The van der Waals surface area contributed by atoms with Gasteiger partial charge in [-0.1, -0.05) is 13.0 Å². The van der Waals surface area contributed by atoms with E-state index in [-0.39, 0.29) is 5.56 Å². The summed E-state index contributed by atoms with van der Waals surface area (Å²) < 4.78 is 16.4. The van der Waals surface area contributed by atoms with Crippen molar-refractivity contribution in [3.8, 4) is 22.8 Å². The van der Waals surface area contributed by atoms with Crippen molar-refractivity contribution in [3.63, 3.8) is 0 Å². The third-order valence-corrected chi connectivity index (χ3v) is 5.45. The van der Waals surface area contributed by atoms with E-state index in [2.05, 4.69) is 22.9 Å². The molecule has 3 aromatic rings. The molecule has 0 aliphatic carbocycles. The number of aryl methyl sites for hydroxylation is 1. The molecule has 0 saturated carbocycles.